The molecule has 0 aromatic carbocycles. The van der Waals surface area contributed by atoms with Gasteiger partial charge in [-0.3, -0.25) is 9.36 Å². The van der Waals surface area contributed by atoms with Crippen LogP contribution in [-0.4, -0.2) is 9.55 Å². The van der Waals surface area contributed by atoms with Gasteiger partial charge in [0.05, 0.1) is 5.39 Å². The third-order valence-electron chi connectivity index (χ3n) is 5.26. The summed E-state index contributed by atoms with van der Waals surface area (Å²) in [5.41, 5.74) is 1.46. The van der Waals surface area contributed by atoms with Crippen molar-refractivity contribution >= 4 is 33.8 Å². The van der Waals surface area contributed by atoms with Gasteiger partial charge in [-0.1, -0.05) is 19.3 Å². The molecule has 2 aromatic rings. The summed E-state index contributed by atoms with van der Waals surface area (Å²) in [4.78, 5) is 18.8. The van der Waals surface area contributed by atoms with Gasteiger partial charge in [-0.15, -0.1) is 11.3 Å². The minimum absolute atomic E-state index is 0.156. The Kier molecular flexibility index (Phi) is 3.95. The largest absolute Gasteiger partial charge is 0.323 e. The lowest BCUT2D eigenvalue weighted by Gasteiger charge is -2.22. The Hall–Kier alpha value is -0.940. The summed E-state index contributed by atoms with van der Waals surface area (Å²) in [5, 5.41) is 0.934. The van der Waals surface area contributed by atoms with Crippen molar-refractivity contribution in [2.45, 2.75) is 64.3 Å². The molecule has 0 saturated heterocycles. The van der Waals surface area contributed by atoms with Crippen molar-refractivity contribution in [3.05, 3.63) is 25.6 Å². The maximum atomic E-state index is 13.0. The lowest BCUT2D eigenvalue weighted by atomic mass is 9.89. The van der Waals surface area contributed by atoms with Crippen molar-refractivity contribution < 1.29 is 0 Å². The van der Waals surface area contributed by atoms with Gasteiger partial charge in [-0.05, 0) is 62.2 Å². The van der Waals surface area contributed by atoms with E-state index in [9.17, 15) is 4.79 Å². The van der Waals surface area contributed by atoms with E-state index in [0.29, 0.717) is 10.7 Å². The van der Waals surface area contributed by atoms with E-state index in [2.05, 4.69) is 4.98 Å². The van der Waals surface area contributed by atoms with Crippen LogP contribution in [0.5, 0.6) is 0 Å². The van der Waals surface area contributed by atoms with E-state index >= 15 is 0 Å². The number of nitrogens with zero attached hydrogens (tertiary/aromatic N) is 1. The Morgan fingerprint density at radius 3 is 2.73 bits per heavy atom. The number of hydrogen-bond donors (Lipinski definition) is 1. The van der Waals surface area contributed by atoms with Crippen molar-refractivity contribution in [1.82, 2.24) is 9.55 Å². The summed E-state index contributed by atoms with van der Waals surface area (Å²) in [6.07, 6.45) is 11.0. The minimum Gasteiger partial charge on any atom is -0.323 e. The predicted molar refractivity (Wildman–Crippen MR) is 94.5 cm³/mol. The maximum absolute atomic E-state index is 13.0. The second-order valence-corrected chi connectivity index (χ2v) is 8.26. The van der Waals surface area contributed by atoms with Crippen molar-refractivity contribution in [2.24, 2.45) is 5.92 Å². The van der Waals surface area contributed by atoms with Gasteiger partial charge in [0.2, 0.25) is 0 Å². The summed E-state index contributed by atoms with van der Waals surface area (Å²) in [5.74, 6) is 0.619. The van der Waals surface area contributed by atoms with Crippen LogP contribution < -0.4 is 5.56 Å². The Labute approximate surface area is 139 Å². The quantitative estimate of drug-likeness (QED) is 0.816. The molecule has 1 fully saturated rings. The molecule has 118 valence electrons. The normalized spacial score (nSPS) is 19.5. The van der Waals surface area contributed by atoms with E-state index in [0.717, 1.165) is 29.6 Å². The van der Waals surface area contributed by atoms with Crippen molar-refractivity contribution in [3.8, 4) is 0 Å². The number of nitrogens with one attached hydrogen (secondary N) is 1. The van der Waals surface area contributed by atoms with Crippen LogP contribution in [0.25, 0.3) is 10.2 Å². The van der Waals surface area contributed by atoms with E-state index in [1.54, 1.807) is 11.3 Å². The topological polar surface area (TPSA) is 37.8 Å². The molecular formula is C17H22N2OS2. The predicted octanol–water partition coefficient (Wildman–Crippen LogP) is 4.58. The fourth-order valence-corrected chi connectivity index (χ4v) is 5.67. The van der Waals surface area contributed by atoms with Gasteiger partial charge in [0, 0.05) is 11.4 Å². The average Bonchev–Trinajstić information content (AvgIpc) is 2.90. The number of thiophene rings is 1. The van der Waals surface area contributed by atoms with Gasteiger partial charge in [-0.2, -0.15) is 0 Å². The zero-order valence-electron chi connectivity index (χ0n) is 12.8. The summed E-state index contributed by atoms with van der Waals surface area (Å²) in [6, 6.07) is 0. The highest BCUT2D eigenvalue weighted by molar-refractivity contribution is 7.71. The van der Waals surface area contributed by atoms with Gasteiger partial charge >= 0.3 is 0 Å². The Morgan fingerprint density at radius 2 is 1.91 bits per heavy atom. The lowest BCUT2D eigenvalue weighted by Crippen LogP contribution is -2.27. The first kappa shape index (κ1) is 14.6. The molecule has 2 heterocycles. The highest BCUT2D eigenvalue weighted by Gasteiger charge is 2.21. The molecule has 2 aliphatic carbocycles. The standard InChI is InChI=1S/C17H22N2OS2/c20-16-14-12-8-4-5-9-13(12)22-15(14)18-17(21)19(16)10-11-6-2-1-3-7-11/h11H,1-10H2,(H,18,21). The van der Waals surface area contributed by atoms with Crippen LogP contribution >= 0.6 is 23.6 Å². The summed E-state index contributed by atoms with van der Waals surface area (Å²) in [7, 11) is 0. The molecule has 5 heteroatoms. The highest BCUT2D eigenvalue weighted by Crippen LogP contribution is 2.33. The second-order valence-electron chi connectivity index (χ2n) is 6.76. The number of H-pyrrole nitrogens is 1. The monoisotopic (exact) mass is 334 g/mol. The number of aryl methyl sites for hydroxylation is 2. The van der Waals surface area contributed by atoms with Crippen molar-refractivity contribution in [2.75, 3.05) is 0 Å². The van der Waals surface area contributed by atoms with Crippen LogP contribution in [0.1, 0.15) is 55.4 Å². The van der Waals surface area contributed by atoms with Crippen molar-refractivity contribution in [3.63, 3.8) is 0 Å². The van der Waals surface area contributed by atoms with Crippen LogP contribution in [0.4, 0.5) is 0 Å². The van der Waals surface area contributed by atoms with Crippen LogP contribution in [0, 0.1) is 10.7 Å². The molecule has 2 aromatic heterocycles. The zero-order valence-corrected chi connectivity index (χ0v) is 14.5. The molecule has 0 unspecified atom stereocenters. The van der Waals surface area contributed by atoms with E-state index in [4.69, 9.17) is 12.2 Å². The Balaban J connectivity index is 1.81. The number of hydrogen-bond acceptors (Lipinski definition) is 3. The fourth-order valence-electron chi connectivity index (χ4n) is 4.07. The third kappa shape index (κ3) is 2.48. The average molecular weight is 335 g/mol. The van der Waals surface area contributed by atoms with Gasteiger partial charge in [0.1, 0.15) is 4.83 Å². The SMILES string of the molecule is O=c1c2c3c(sc2[nH]c(=S)n1CC1CCCCC1)CCCC3. The molecule has 0 atom stereocenters. The van der Waals surface area contributed by atoms with E-state index in [-0.39, 0.29) is 5.56 Å². The van der Waals surface area contributed by atoms with Gasteiger partial charge in [0.25, 0.3) is 5.56 Å². The first-order valence-corrected chi connectivity index (χ1v) is 9.74. The lowest BCUT2D eigenvalue weighted by molar-refractivity contribution is 0.314. The summed E-state index contributed by atoms with van der Waals surface area (Å²) < 4.78 is 2.46. The Morgan fingerprint density at radius 1 is 1.14 bits per heavy atom. The third-order valence-corrected chi connectivity index (χ3v) is 6.79. The summed E-state index contributed by atoms with van der Waals surface area (Å²) in [6.45, 7) is 0.800. The number of fused-ring (bicyclic) bond motifs is 3. The molecule has 0 radical (unpaired) electrons. The fraction of sp³-hybridized carbons (Fsp3) is 0.647. The van der Waals surface area contributed by atoms with E-state index < -0.39 is 0 Å². The molecule has 0 spiro atoms. The van der Waals surface area contributed by atoms with Crippen LogP contribution in [0.3, 0.4) is 0 Å². The van der Waals surface area contributed by atoms with Gasteiger partial charge in [0.15, 0.2) is 4.77 Å². The molecule has 0 aliphatic heterocycles. The molecule has 0 amide bonds. The molecule has 0 bridgehead atoms. The number of aromatic amines is 1. The molecule has 2 aliphatic rings. The molecule has 4 rings (SSSR count). The number of aromatic nitrogens is 2. The molecule has 22 heavy (non-hydrogen) atoms. The smallest absolute Gasteiger partial charge is 0.263 e. The first-order chi connectivity index (χ1) is 10.7. The molecule has 1 N–H and O–H groups in total. The molecule has 1 saturated carbocycles. The van der Waals surface area contributed by atoms with E-state index in [1.165, 1.54) is 55.4 Å². The number of rotatable bonds is 2. The maximum Gasteiger partial charge on any atom is 0.263 e. The van der Waals surface area contributed by atoms with Gasteiger partial charge in [-0.25, -0.2) is 0 Å². The van der Waals surface area contributed by atoms with Gasteiger partial charge < -0.3 is 4.98 Å². The Bertz CT molecular complexity index is 808. The second kappa shape index (κ2) is 5.93. The van der Waals surface area contributed by atoms with Crippen LogP contribution in [0.2, 0.25) is 0 Å². The van der Waals surface area contributed by atoms with E-state index in [1.807, 2.05) is 4.57 Å². The van der Waals surface area contributed by atoms with Crippen molar-refractivity contribution in [1.29, 1.82) is 0 Å². The van der Waals surface area contributed by atoms with Crippen LogP contribution in [0.15, 0.2) is 4.79 Å². The summed E-state index contributed by atoms with van der Waals surface area (Å²) >= 11 is 7.24. The molecule has 3 nitrogen and oxygen atoms in total. The highest BCUT2D eigenvalue weighted by atomic mass is 32.1. The zero-order chi connectivity index (χ0) is 15.1. The van der Waals surface area contributed by atoms with Crippen LogP contribution in [-0.2, 0) is 19.4 Å². The first-order valence-electron chi connectivity index (χ1n) is 8.51. The molecular weight excluding hydrogens is 312 g/mol. The minimum atomic E-state index is 0.156.